The minimum Gasteiger partial charge on any atom is -0.481 e. The molecule has 1 N–H and O–H groups in total. The zero-order chi connectivity index (χ0) is 14.9. The molecule has 0 radical (unpaired) electrons. The molecule has 7 heteroatoms. The molecule has 1 atom stereocenters. The van der Waals surface area contributed by atoms with Gasteiger partial charge in [0.05, 0.1) is 12.0 Å². The third-order valence-corrected chi connectivity index (χ3v) is 4.55. The number of nitrogens with zero attached hydrogens (tertiary/aromatic N) is 3. The van der Waals surface area contributed by atoms with E-state index in [1.807, 2.05) is 7.05 Å². The van der Waals surface area contributed by atoms with E-state index in [4.69, 9.17) is 9.26 Å². The number of aromatic nitrogens is 2. The Balaban J connectivity index is 1.71. The first-order valence-electron chi connectivity index (χ1n) is 7.45. The number of aliphatic carboxylic acids is 1. The van der Waals surface area contributed by atoms with Crippen LogP contribution in [0.25, 0.3) is 0 Å². The second kappa shape index (κ2) is 5.73. The summed E-state index contributed by atoms with van der Waals surface area (Å²) in [6.45, 7) is 2.26. The van der Waals surface area contributed by atoms with Crippen molar-refractivity contribution in [2.75, 3.05) is 26.7 Å². The predicted octanol–water partition coefficient (Wildman–Crippen LogP) is 1.26. The summed E-state index contributed by atoms with van der Waals surface area (Å²) in [5.41, 5.74) is -0.728. The van der Waals surface area contributed by atoms with Crippen LogP contribution in [-0.2, 0) is 16.0 Å². The van der Waals surface area contributed by atoms with Crippen molar-refractivity contribution in [3.8, 4) is 0 Å². The van der Waals surface area contributed by atoms with Crippen LogP contribution in [0.3, 0.4) is 0 Å². The topological polar surface area (TPSA) is 88.7 Å². The molecular weight excluding hydrogens is 274 g/mol. The number of hydrogen-bond acceptors (Lipinski definition) is 6. The summed E-state index contributed by atoms with van der Waals surface area (Å²) in [6.07, 6.45) is 3.39. The predicted molar refractivity (Wildman–Crippen MR) is 72.7 cm³/mol. The monoisotopic (exact) mass is 295 g/mol. The molecule has 1 aliphatic carbocycles. The third-order valence-electron chi connectivity index (χ3n) is 4.55. The Hall–Kier alpha value is -1.47. The van der Waals surface area contributed by atoms with Gasteiger partial charge < -0.3 is 19.3 Å². The van der Waals surface area contributed by atoms with Crippen molar-refractivity contribution in [3.63, 3.8) is 0 Å². The number of morpholine rings is 1. The molecule has 1 aromatic heterocycles. The van der Waals surface area contributed by atoms with Crippen LogP contribution in [0.2, 0.25) is 0 Å². The van der Waals surface area contributed by atoms with Crippen molar-refractivity contribution in [3.05, 3.63) is 11.7 Å². The Labute approximate surface area is 123 Å². The first kappa shape index (κ1) is 14.5. The highest BCUT2D eigenvalue weighted by atomic mass is 16.5. The molecule has 1 aliphatic heterocycles. The fourth-order valence-electron chi connectivity index (χ4n) is 3.21. The van der Waals surface area contributed by atoms with E-state index in [1.165, 1.54) is 0 Å². The minimum absolute atomic E-state index is 0.189. The summed E-state index contributed by atoms with van der Waals surface area (Å²) in [6, 6.07) is 0. The standard InChI is InChI=1S/C14H21N3O4/c1-17-6-7-20-10(9-17)12-15-11(21-16-12)8-14(13(18)19)4-2-3-5-14/h10H,2-9H2,1H3,(H,18,19). The largest absolute Gasteiger partial charge is 0.481 e. The lowest BCUT2D eigenvalue weighted by Crippen LogP contribution is -2.35. The second-order valence-electron chi connectivity index (χ2n) is 6.14. The molecule has 3 rings (SSSR count). The van der Waals surface area contributed by atoms with Crippen molar-refractivity contribution in [1.82, 2.24) is 15.0 Å². The molecule has 2 aliphatic rings. The fourth-order valence-corrected chi connectivity index (χ4v) is 3.21. The van der Waals surface area contributed by atoms with Crippen molar-refractivity contribution in [2.24, 2.45) is 5.41 Å². The second-order valence-corrected chi connectivity index (χ2v) is 6.14. The number of rotatable bonds is 4. The molecule has 1 unspecified atom stereocenters. The molecule has 7 nitrogen and oxygen atoms in total. The van der Waals surface area contributed by atoms with Gasteiger partial charge in [0.1, 0.15) is 6.10 Å². The van der Waals surface area contributed by atoms with Gasteiger partial charge in [-0.2, -0.15) is 4.98 Å². The van der Waals surface area contributed by atoms with E-state index in [0.717, 1.165) is 25.9 Å². The lowest BCUT2D eigenvalue weighted by molar-refractivity contribution is -0.148. The molecule has 2 fully saturated rings. The SMILES string of the molecule is CN1CCOC(c2noc(CC3(C(=O)O)CCCC3)n2)C1. The molecule has 116 valence electrons. The van der Waals surface area contributed by atoms with E-state index in [-0.39, 0.29) is 6.10 Å². The zero-order valence-corrected chi connectivity index (χ0v) is 12.2. The van der Waals surface area contributed by atoms with Gasteiger partial charge in [-0.15, -0.1) is 0 Å². The number of carbonyl (C=O) groups is 1. The first-order chi connectivity index (χ1) is 10.1. The molecule has 2 heterocycles. The fraction of sp³-hybridized carbons (Fsp3) is 0.786. The van der Waals surface area contributed by atoms with Crippen LogP contribution in [0, 0.1) is 5.41 Å². The maximum Gasteiger partial charge on any atom is 0.310 e. The van der Waals surface area contributed by atoms with E-state index < -0.39 is 11.4 Å². The van der Waals surface area contributed by atoms with Crippen LogP contribution in [0.1, 0.15) is 43.5 Å². The highest BCUT2D eigenvalue weighted by Gasteiger charge is 2.43. The Morgan fingerprint density at radius 2 is 2.24 bits per heavy atom. The van der Waals surface area contributed by atoms with Crippen LogP contribution in [0.15, 0.2) is 4.52 Å². The lowest BCUT2D eigenvalue weighted by Gasteiger charge is -2.27. The quantitative estimate of drug-likeness (QED) is 0.894. The molecular formula is C14H21N3O4. The molecule has 0 aromatic carbocycles. The average molecular weight is 295 g/mol. The van der Waals surface area contributed by atoms with Crippen LogP contribution < -0.4 is 0 Å². The van der Waals surface area contributed by atoms with Gasteiger partial charge in [-0.05, 0) is 19.9 Å². The average Bonchev–Trinajstić information content (AvgIpc) is 3.09. The zero-order valence-electron chi connectivity index (χ0n) is 12.2. The summed E-state index contributed by atoms with van der Waals surface area (Å²) in [5.74, 6) is 0.176. The number of carboxylic acids is 1. The number of carboxylic acid groups (broad SMARTS) is 1. The Kier molecular flexibility index (Phi) is 3.95. The van der Waals surface area contributed by atoms with E-state index in [1.54, 1.807) is 0 Å². The highest BCUT2D eigenvalue weighted by Crippen LogP contribution is 2.41. The van der Waals surface area contributed by atoms with E-state index in [2.05, 4.69) is 15.0 Å². The molecule has 0 bridgehead atoms. The molecule has 1 saturated heterocycles. The first-order valence-corrected chi connectivity index (χ1v) is 7.45. The summed E-state index contributed by atoms with van der Waals surface area (Å²) >= 11 is 0. The maximum absolute atomic E-state index is 11.6. The molecule has 21 heavy (non-hydrogen) atoms. The third kappa shape index (κ3) is 2.94. The van der Waals surface area contributed by atoms with Gasteiger partial charge in [-0.25, -0.2) is 0 Å². The number of ether oxygens (including phenoxy) is 1. The maximum atomic E-state index is 11.6. The van der Waals surface area contributed by atoms with Gasteiger partial charge >= 0.3 is 5.97 Å². The van der Waals surface area contributed by atoms with E-state index in [0.29, 0.717) is 37.6 Å². The Bertz CT molecular complexity index is 510. The summed E-state index contributed by atoms with van der Waals surface area (Å²) in [4.78, 5) is 18.1. The van der Waals surface area contributed by atoms with E-state index >= 15 is 0 Å². The molecule has 1 saturated carbocycles. The van der Waals surface area contributed by atoms with Crippen molar-refractivity contribution >= 4 is 5.97 Å². The van der Waals surface area contributed by atoms with Gasteiger partial charge in [0.25, 0.3) is 0 Å². The van der Waals surface area contributed by atoms with Crippen LogP contribution >= 0.6 is 0 Å². The summed E-state index contributed by atoms with van der Waals surface area (Å²) in [5, 5.41) is 13.5. The van der Waals surface area contributed by atoms with Gasteiger partial charge in [0.15, 0.2) is 0 Å². The van der Waals surface area contributed by atoms with Gasteiger partial charge in [0, 0.05) is 19.5 Å². The van der Waals surface area contributed by atoms with Crippen molar-refractivity contribution in [1.29, 1.82) is 0 Å². The Morgan fingerprint density at radius 1 is 1.48 bits per heavy atom. The minimum atomic E-state index is -0.756. The molecule has 0 spiro atoms. The van der Waals surface area contributed by atoms with Crippen LogP contribution in [-0.4, -0.2) is 52.9 Å². The van der Waals surface area contributed by atoms with E-state index in [9.17, 15) is 9.90 Å². The summed E-state index contributed by atoms with van der Waals surface area (Å²) in [7, 11) is 2.02. The van der Waals surface area contributed by atoms with Gasteiger partial charge in [-0.1, -0.05) is 18.0 Å². The van der Waals surface area contributed by atoms with Crippen LogP contribution in [0.4, 0.5) is 0 Å². The van der Waals surface area contributed by atoms with Gasteiger partial charge in [-0.3, -0.25) is 4.79 Å². The molecule has 0 amide bonds. The van der Waals surface area contributed by atoms with Crippen molar-refractivity contribution in [2.45, 2.75) is 38.2 Å². The van der Waals surface area contributed by atoms with Gasteiger partial charge in [0.2, 0.25) is 11.7 Å². The summed E-state index contributed by atoms with van der Waals surface area (Å²) < 4.78 is 10.9. The highest BCUT2D eigenvalue weighted by molar-refractivity contribution is 5.75. The lowest BCUT2D eigenvalue weighted by atomic mass is 9.83. The van der Waals surface area contributed by atoms with Crippen molar-refractivity contribution < 1.29 is 19.2 Å². The number of hydrogen-bond donors (Lipinski definition) is 1. The number of likely N-dealkylation sites (N-methyl/N-ethyl adjacent to an activating group) is 1. The van der Waals surface area contributed by atoms with Crippen LogP contribution in [0.5, 0.6) is 0 Å². The normalized spacial score (nSPS) is 26.0. The Morgan fingerprint density at radius 3 is 2.90 bits per heavy atom. The molecule has 1 aromatic rings. The smallest absolute Gasteiger partial charge is 0.310 e.